The third-order valence-electron chi connectivity index (χ3n) is 1.34. The van der Waals surface area contributed by atoms with Crippen LogP contribution in [0.3, 0.4) is 0 Å². The fourth-order valence-electron chi connectivity index (χ4n) is 0.810. The van der Waals surface area contributed by atoms with Crippen LogP contribution >= 0.6 is 0 Å². The third-order valence-corrected chi connectivity index (χ3v) is 1.34. The normalized spacial score (nSPS) is 9.09. The van der Waals surface area contributed by atoms with Crippen molar-refractivity contribution in [1.29, 1.82) is 0 Å². The highest BCUT2D eigenvalue weighted by Gasteiger charge is 2.01. The first-order valence-electron chi connectivity index (χ1n) is 3.12. The molecule has 0 aliphatic heterocycles. The number of hydrogen-bond donors (Lipinski definition) is 0. The largest absolute Gasteiger partial charge is 0.244 e. The molecule has 1 aromatic heterocycles. The van der Waals surface area contributed by atoms with Crippen LogP contribution in [0.25, 0.3) is 12.3 Å². The van der Waals surface area contributed by atoms with Crippen molar-refractivity contribution in [3.63, 3.8) is 0 Å². The van der Waals surface area contributed by atoms with Gasteiger partial charge in [0, 0.05) is 11.8 Å². The van der Waals surface area contributed by atoms with E-state index in [1.807, 2.05) is 0 Å². The lowest BCUT2D eigenvalue weighted by atomic mass is 10.3. The molecular formula is C8H9N3. The minimum Gasteiger partial charge on any atom is -0.244 e. The van der Waals surface area contributed by atoms with Crippen molar-refractivity contribution >= 4 is 24.8 Å². The summed E-state index contributed by atoms with van der Waals surface area (Å²) in [6.45, 7) is 10.6. The number of rotatable bonds is 3. The molecule has 0 aliphatic carbocycles. The molecule has 0 atom stereocenters. The lowest BCUT2D eigenvalue weighted by Crippen LogP contribution is -1.85. The Morgan fingerprint density at radius 2 is 2.27 bits per heavy atom. The summed E-state index contributed by atoms with van der Waals surface area (Å²) in [5.74, 6) is 0.676. The van der Waals surface area contributed by atoms with Gasteiger partial charge >= 0.3 is 0 Å². The summed E-state index contributed by atoms with van der Waals surface area (Å²) in [7, 11) is 0. The molecule has 0 amide bonds. The number of aliphatic imine (C=N–C) groups is 1. The quantitative estimate of drug-likeness (QED) is 0.601. The van der Waals surface area contributed by atoms with E-state index in [9.17, 15) is 0 Å². The maximum atomic E-state index is 3.97. The first kappa shape index (κ1) is 7.47. The van der Waals surface area contributed by atoms with Crippen molar-refractivity contribution in [3.05, 3.63) is 24.9 Å². The Kier molecular flexibility index (Phi) is 2.01. The van der Waals surface area contributed by atoms with Gasteiger partial charge in [-0.1, -0.05) is 19.2 Å². The molecule has 0 fully saturated rings. The van der Waals surface area contributed by atoms with E-state index in [2.05, 4.69) is 30.0 Å². The highest BCUT2D eigenvalue weighted by molar-refractivity contribution is 5.62. The lowest BCUT2D eigenvalue weighted by molar-refractivity contribution is 0.936. The zero-order chi connectivity index (χ0) is 8.27. The molecule has 0 radical (unpaired) electrons. The lowest BCUT2D eigenvalue weighted by Gasteiger charge is -1.93. The molecule has 0 saturated carbocycles. The third kappa shape index (κ3) is 1.12. The molecule has 3 heteroatoms. The number of hydrogen-bond acceptors (Lipinski definition) is 2. The molecule has 0 aliphatic rings. The molecule has 0 unspecified atom stereocenters. The molecule has 0 spiro atoms. The second-order valence-electron chi connectivity index (χ2n) is 1.91. The predicted molar refractivity (Wildman–Crippen MR) is 47.9 cm³/mol. The van der Waals surface area contributed by atoms with Crippen LogP contribution in [-0.2, 0) is 0 Å². The topological polar surface area (TPSA) is 30.2 Å². The van der Waals surface area contributed by atoms with E-state index in [1.54, 1.807) is 23.2 Å². The molecule has 1 heterocycles. The summed E-state index contributed by atoms with van der Waals surface area (Å²) in [6, 6.07) is 0. The fraction of sp³-hybridized carbons (Fsp3) is 0. The molecule has 0 N–H and O–H groups in total. The van der Waals surface area contributed by atoms with E-state index in [0.717, 1.165) is 5.56 Å². The summed E-state index contributed by atoms with van der Waals surface area (Å²) < 4.78 is 1.55. The Balaban J connectivity index is 3.29. The molecule has 3 nitrogen and oxygen atoms in total. The molecule has 0 bridgehead atoms. The van der Waals surface area contributed by atoms with E-state index in [-0.39, 0.29) is 0 Å². The van der Waals surface area contributed by atoms with Crippen molar-refractivity contribution < 1.29 is 0 Å². The molecule has 56 valence electrons. The van der Waals surface area contributed by atoms with Crippen LogP contribution in [0.15, 0.2) is 24.3 Å². The van der Waals surface area contributed by atoms with Gasteiger partial charge in [-0.3, -0.25) is 0 Å². The summed E-state index contributed by atoms with van der Waals surface area (Å²) >= 11 is 0. The van der Waals surface area contributed by atoms with Gasteiger partial charge in [-0.15, -0.1) is 0 Å². The van der Waals surface area contributed by atoms with Crippen molar-refractivity contribution in [2.45, 2.75) is 0 Å². The van der Waals surface area contributed by atoms with Gasteiger partial charge in [-0.2, -0.15) is 5.10 Å². The van der Waals surface area contributed by atoms with Crippen molar-refractivity contribution in [1.82, 2.24) is 9.78 Å². The Hall–Kier alpha value is -1.64. The summed E-state index contributed by atoms with van der Waals surface area (Å²) in [4.78, 5) is 3.78. The summed E-state index contributed by atoms with van der Waals surface area (Å²) in [5.41, 5.74) is 0.861. The molecule has 1 rings (SSSR count). The van der Waals surface area contributed by atoms with Gasteiger partial charge in [0.15, 0.2) is 5.82 Å². The SMILES string of the molecule is C=Cc1cnn(C=C)c1N=C. The zero-order valence-corrected chi connectivity index (χ0v) is 6.20. The average Bonchev–Trinajstić information content (AvgIpc) is 2.45. The van der Waals surface area contributed by atoms with Crippen LogP contribution in [0.2, 0.25) is 0 Å². The first-order valence-corrected chi connectivity index (χ1v) is 3.12. The Labute approximate surface area is 65.4 Å². The Morgan fingerprint density at radius 3 is 2.73 bits per heavy atom. The van der Waals surface area contributed by atoms with Crippen molar-refractivity contribution in [3.8, 4) is 0 Å². The molecule has 0 aromatic carbocycles. The summed E-state index contributed by atoms with van der Waals surface area (Å²) in [5, 5.41) is 3.97. The van der Waals surface area contributed by atoms with Gasteiger partial charge < -0.3 is 0 Å². The second kappa shape index (κ2) is 2.96. The van der Waals surface area contributed by atoms with Crippen LogP contribution in [0.5, 0.6) is 0 Å². The highest BCUT2D eigenvalue weighted by Crippen LogP contribution is 2.18. The van der Waals surface area contributed by atoms with E-state index < -0.39 is 0 Å². The zero-order valence-electron chi connectivity index (χ0n) is 6.20. The molecular weight excluding hydrogens is 138 g/mol. The smallest absolute Gasteiger partial charge is 0.161 e. The van der Waals surface area contributed by atoms with Crippen LogP contribution in [0, 0.1) is 0 Å². The average molecular weight is 147 g/mol. The maximum Gasteiger partial charge on any atom is 0.161 e. The van der Waals surface area contributed by atoms with Crippen molar-refractivity contribution in [2.75, 3.05) is 0 Å². The van der Waals surface area contributed by atoms with Gasteiger partial charge in [0.2, 0.25) is 0 Å². The van der Waals surface area contributed by atoms with E-state index in [4.69, 9.17) is 0 Å². The molecule has 11 heavy (non-hydrogen) atoms. The minimum atomic E-state index is 0.676. The second-order valence-corrected chi connectivity index (χ2v) is 1.91. The monoisotopic (exact) mass is 147 g/mol. The Bertz CT molecular complexity index is 271. The predicted octanol–water partition coefficient (Wildman–Crippen LogP) is 1.96. The van der Waals surface area contributed by atoms with Gasteiger partial charge in [0.1, 0.15) is 0 Å². The summed E-state index contributed by atoms with van der Waals surface area (Å²) in [6.07, 6.45) is 4.91. The van der Waals surface area contributed by atoms with E-state index in [1.165, 1.54) is 0 Å². The molecule has 0 saturated heterocycles. The van der Waals surface area contributed by atoms with Crippen LogP contribution < -0.4 is 0 Å². The number of nitrogens with zero attached hydrogens (tertiary/aromatic N) is 3. The minimum absolute atomic E-state index is 0.676. The van der Waals surface area contributed by atoms with Gasteiger partial charge in [0.05, 0.1) is 6.20 Å². The van der Waals surface area contributed by atoms with Crippen molar-refractivity contribution in [2.24, 2.45) is 4.99 Å². The molecule has 1 aromatic rings. The fourth-order valence-corrected chi connectivity index (χ4v) is 0.810. The van der Waals surface area contributed by atoms with E-state index >= 15 is 0 Å². The van der Waals surface area contributed by atoms with Crippen LogP contribution in [-0.4, -0.2) is 16.5 Å². The van der Waals surface area contributed by atoms with Gasteiger partial charge in [-0.05, 0) is 6.72 Å². The Morgan fingerprint density at radius 1 is 1.55 bits per heavy atom. The van der Waals surface area contributed by atoms with Gasteiger partial charge in [0.25, 0.3) is 0 Å². The highest BCUT2D eigenvalue weighted by atomic mass is 15.3. The standard InChI is InChI=1S/C8H9N3/c1-4-7-6-10-11(5-2)8(7)9-3/h4-6H,1-3H2. The van der Waals surface area contributed by atoms with Crippen LogP contribution in [0.1, 0.15) is 5.56 Å². The first-order chi connectivity index (χ1) is 5.33. The van der Waals surface area contributed by atoms with Gasteiger partial charge in [-0.25, -0.2) is 9.67 Å². The number of aromatic nitrogens is 2. The van der Waals surface area contributed by atoms with Crippen LogP contribution in [0.4, 0.5) is 5.82 Å². The van der Waals surface area contributed by atoms with E-state index in [0.29, 0.717) is 5.82 Å². The maximum absolute atomic E-state index is 3.97.